The van der Waals surface area contributed by atoms with Crippen molar-refractivity contribution in [2.45, 2.75) is 30.4 Å². The summed E-state index contributed by atoms with van der Waals surface area (Å²) in [5.41, 5.74) is 0. The molecule has 1 atom stereocenters. The fourth-order valence-electron chi connectivity index (χ4n) is 2.12. The molecule has 2 rings (SSSR count). The summed E-state index contributed by atoms with van der Waals surface area (Å²) in [6, 6.07) is 6.17. The van der Waals surface area contributed by atoms with Crippen molar-refractivity contribution >= 4 is 11.8 Å². The van der Waals surface area contributed by atoms with Crippen LogP contribution in [-0.4, -0.2) is 44.8 Å². The molecule has 1 heterocycles. The number of nitrogens with one attached hydrogen (secondary N) is 1. The Labute approximate surface area is 131 Å². The van der Waals surface area contributed by atoms with E-state index < -0.39 is 0 Å². The van der Waals surface area contributed by atoms with Gasteiger partial charge in [0.2, 0.25) is 0 Å². The van der Waals surface area contributed by atoms with Gasteiger partial charge in [0.1, 0.15) is 13.2 Å². The Morgan fingerprint density at radius 2 is 2.10 bits per heavy atom. The SMILES string of the molecule is CCOCCCNCC(C)Sc1ccc2c(c1)OCCO2. The number of fused-ring (bicyclic) bond motifs is 1. The lowest BCUT2D eigenvalue weighted by Gasteiger charge is -2.19. The zero-order valence-electron chi connectivity index (χ0n) is 12.9. The lowest BCUT2D eigenvalue weighted by Crippen LogP contribution is -2.24. The van der Waals surface area contributed by atoms with Crippen LogP contribution in [0.1, 0.15) is 20.3 Å². The van der Waals surface area contributed by atoms with Gasteiger partial charge in [-0.2, -0.15) is 0 Å². The molecule has 1 aromatic carbocycles. The highest BCUT2D eigenvalue weighted by atomic mass is 32.2. The summed E-state index contributed by atoms with van der Waals surface area (Å²) >= 11 is 1.86. The monoisotopic (exact) mass is 311 g/mol. The van der Waals surface area contributed by atoms with Gasteiger partial charge in [0.05, 0.1) is 0 Å². The van der Waals surface area contributed by atoms with Crippen LogP contribution in [0.5, 0.6) is 11.5 Å². The van der Waals surface area contributed by atoms with Crippen LogP contribution in [-0.2, 0) is 4.74 Å². The Morgan fingerprint density at radius 3 is 2.90 bits per heavy atom. The summed E-state index contributed by atoms with van der Waals surface area (Å²) in [6.07, 6.45) is 1.06. The molecule has 0 saturated carbocycles. The fourth-order valence-corrected chi connectivity index (χ4v) is 3.11. The van der Waals surface area contributed by atoms with Crippen molar-refractivity contribution in [2.24, 2.45) is 0 Å². The minimum absolute atomic E-state index is 0.514. The van der Waals surface area contributed by atoms with E-state index in [1.54, 1.807) is 0 Å². The Morgan fingerprint density at radius 1 is 1.29 bits per heavy atom. The zero-order valence-corrected chi connectivity index (χ0v) is 13.7. The molecule has 1 unspecified atom stereocenters. The molecule has 4 nitrogen and oxygen atoms in total. The van der Waals surface area contributed by atoms with Crippen LogP contribution in [0, 0.1) is 0 Å². The molecule has 0 saturated heterocycles. The van der Waals surface area contributed by atoms with Crippen molar-refractivity contribution in [1.29, 1.82) is 0 Å². The highest BCUT2D eigenvalue weighted by Gasteiger charge is 2.13. The van der Waals surface area contributed by atoms with Crippen molar-refractivity contribution in [3.63, 3.8) is 0 Å². The first kappa shape index (κ1) is 16.5. The molecule has 0 aromatic heterocycles. The first-order valence-corrected chi connectivity index (χ1v) is 8.52. The quantitative estimate of drug-likeness (QED) is 0.561. The van der Waals surface area contributed by atoms with E-state index in [2.05, 4.69) is 24.4 Å². The minimum atomic E-state index is 0.514. The molecule has 5 heteroatoms. The maximum Gasteiger partial charge on any atom is 0.162 e. The minimum Gasteiger partial charge on any atom is -0.486 e. The molecule has 0 amide bonds. The van der Waals surface area contributed by atoms with E-state index in [4.69, 9.17) is 14.2 Å². The third-order valence-electron chi connectivity index (χ3n) is 3.13. The van der Waals surface area contributed by atoms with Crippen LogP contribution < -0.4 is 14.8 Å². The van der Waals surface area contributed by atoms with E-state index in [9.17, 15) is 0 Å². The van der Waals surface area contributed by atoms with Crippen LogP contribution in [0.2, 0.25) is 0 Å². The first-order valence-electron chi connectivity index (χ1n) is 7.64. The number of benzene rings is 1. The van der Waals surface area contributed by atoms with Gasteiger partial charge in [-0.15, -0.1) is 11.8 Å². The lowest BCUT2D eigenvalue weighted by atomic mass is 10.3. The van der Waals surface area contributed by atoms with Gasteiger partial charge in [-0.05, 0) is 38.1 Å². The van der Waals surface area contributed by atoms with Crippen LogP contribution in [0.3, 0.4) is 0 Å². The van der Waals surface area contributed by atoms with E-state index in [1.807, 2.05) is 24.8 Å². The number of ether oxygens (including phenoxy) is 3. The van der Waals surface area contributed by atoms with Crippen molar-refractivity contribution in [2.75, 3.05) is 39.5 Å². The van der Waals surface area contributed by atoms with Gasteiger partial charge >= 0.3 is 0 Å². The van der Waals surface area contributed by atoms with E-state index in [1.165, 1.54) is 4.90 Å². The van der Waals surface area contributed by atoms with Crippen molar-refractivity contribution in [1.82, 2.24) is 5.32 Å². The van der Waals surface area contributed by atoms with Gasteiger partial charge in [-0.25, -0.2) is 0 Å². The molecule has 21 heavy (non-hydrogen) atoms. The summed E-state index contributed by atoms with van der Waals surface area (Å²) in [5, 5.41) is 3.98. The zero-order chi connectivity index (χ0) is 14.9. The molecule has 0 bridgehead atoms. The average molecular weight is 311 g/mol. The molecule has 1 N–H and O–H groups in total. The average Bonchev–Trinajstić information content (AvgIpc) is 2.50. The Bertz CT molecular complexity index is 428. The Balaban J connectivity index is 1.69. The van der Waals surface area contributed by atoms with Crippen LogP contribution >= 0.6 is 11.8 Å². The van der Waals surface area contributed by atoms with E-state index in [-0.39, 0.29) is 0 Å². The second-order valence-electron chi connectivity index (χ2n) is 4.99. The summed E-state index contributed by atoms with van der Waals surface area (Å²) in [7, 11) is 0. The molecule has 0 spiro atoms. The summed E-state index contributed by atoms with van der Waals surface area (Å²) in [5.74, 6) is 1.72. The van der Waals surface area contributed by atoms with Crippen LogP contribution in [0.25, 0.3) is 0 Å². The molecule has 118 valence electrons. The standard InChI is InChI=1S/C16H25NO3S/c1-3-18-8-4-7-17-12-13(2)21-14-5-6-15-16(11-14)20-10-9-19-15/h5-6,11,13,17H,3-4,7-10,12H2,1-2H3. The number of rotatable bonds is 9. The third-order valence-corrected chi connectivity index (χ3v) is 4.22. The third kappa shape index (κ3) is 5.77. The van der Waals surface area contributed by atoms with Crippen molar-refractivity contribution < 1.29 is 14.2 Å². The summed E-state index contributed by atoms with van der Waals surface area (Å²) in [4.78, 5) is 1.22. The van der Waals surface area contributed by atoms with E-state index in [0.29, 0.717) is 18.5 Å². The number of hydrogen-bond acceptors (Lipinski definition) is 5. The predicted molar refractivity (Wildman–Crippen MR) is 86.7 cm³/mol. The molecule has 0 aliphatic carbocycles. The molecule has 1 aliphatic heterocycles. The summed E-state index contributed by atoms with van der Waals surface area (Å²) in [6.45, 7) is 9.18. The maximum absolute atomic E-state index is 5.61. The molecule has 1 aromatic rings. The highest BCUT2D eigenvalue weighted by molar-refractivity contribution is 8.00. The van der Waals surface area contributed by atoms with E-state index >= 15 is 0 Å². The molecule has 0 fully saturated rings. The topological polar surface area (TPSA) is 39.7 Å². The second kappa shape index (κ2) is 9.18. The highest BCUT2D eigenvalue weighted by Crippen LogP contribution is 2.35. The smallest absolute Gasteiger partial charge is 0.162 e. The Hall–Kier alpha value is -0.910. The Kier molecular flexibility index (Phi) is 7.19. The first-order chi connectivity index (χ1) is 10.3. The van der Waals surface area contributed by atoms with E-state index in [0.717, 1.165) is 44.2 Å². The molecule has 1 aliphatic rings. The second-order valence-corrected chi connectivity index (χ2v) is 6.50. The van der Waals surface area contributed by atoms with Gasteiger partial charge in [-0.1, -0.05) is 6.92 Å². The van der Waals surface area contributed by atoms with Crippen LogP contribution in [0.15, 0.2) is 23.1 Å². The van der Waals surface area contributed by atoms with Crippen molar-refractivity contribution in [3.8, 4) is 11.5 Å². The fraction of sp³-hybridized carbons (Fsp3) is 0.625. The van der Waals surface area contributed by atoms with Gasteiger partial charge in [-0.3, -0.25) is 0 Å². The normalized spacial score (nSPS) is 15.0. The van der Waals surface area contributed by atoms with Gasteiger partial charge in [0.15, 0.2) is 11.5 Å². The summed E-state index contributed by atoms with van der Waals surface area (Å²) < 4.78 is 16.5. The largest absolute Gasteiger partial charge is 0.486 e. The predicted octanol–water partition coefficient (Wildman–Crippen LogP) is 2.95. The number of thioether (sulfide) groups is 1. The van der Waals surface area contributed by atoms with Gasteiger partial charge < -0.3 is 19.5 Å². The molecular formula is C16H25NO3S. The maximum atomic E-state index is 5.61. The lowest BCUT2D eigenvalue weighted by molar-refractivity contribution is 0.145. The molecule has 0 radical (unpaired) electrons. The van der Waals surface area contributed by atoms with Gasteiger partial charge in [0, 0.05) is 29.9 Å². The van der Waals surface area contributed by atoms with Crippen molar-refractivity contribution in [3.05, 3.63) is 18.2 Å². The molecular weight excluding hydrogens is 286 g/mol. The van der Waals surface area contributed by atoms with Gasteiger partial charge in [0.25, 0.3) is 0 Å². The number of hydrogen-bond donors (Lipinski definition) is 1. The van der Waals surface area contributed by atoms with Crippen LogP contribution in [0.4, 0.5) is 0 Å².